The Balaban J connectivity index is 1.73. The van der Waals surface area contributed by atoms with Gasteiger partial charge < -0.3 is 25.9 Å². The van der Waals surface area contributed by atoms with E-state index in [0.29, 0.717) is 23.4 Å². The molecule has 0 saturated heterocycles. The fraction of sp³-hybridized carbons (Fsp3) is 0.214. The topological polar surface area (TPSA) is 125 Å². The highest BCUT2D eigenvalue weighted by molar-refractivity contribution is 5.82. The molecule has 0 atom stereocenters. The molecule has 3 aromatic rings. The second kappa shape index (κ2) is 4.48. The van der Waals surface area contributed by atoms with Crippen LogP contribution in [0.25, 0.3) is 11.2 Å². The van der Waals surface area contributed by atoms with Crippen LogP contribution >= 0.6 is 0 Å². The number of H-pyrrole nitrogens is 1. The average molecular weight is 298 g/mol. The summed E-state index contributed by atoms with van der Waals surface area (Å²) in [5, 5.41) is 0. The van der Waals surface area contributed by atoms with Crippen molar-refractivity contribution in [3.05, 3.63) is 29.1 Å². The third-order valence-electron chi connectivity index (χ3n) is 3.63. The Hall–Kier alpha value is -3.03. The van der Waals surface area contributed by atoms with Crippen molar-refractivity contribution < 1.29 is 9.47 Å². The predicted octanol–water partition coefficient (Wildman–Crippen LogP) is 1.15. The third-order valence-corrected chi connectivity index (χ3v) is 3.63. The minimum atomic E-state index is 0.113. The number of imidazole rings is 1. The Morgan fingerprint density at radius 2 is 1.91 bits per heavy atom. The Kier molecular flexibility index (Phi) is 2.59. The molecule has 0 fully saturated rings. The van der Waals surface area contributed by atoms with Gasteiger partial charge in [-0.05, 0) is 30.2 Å². The maximum atomic E-state index is 5.83. The van der Waals surface area contributed by atoms with Crippen molar-refractivity contribution >= 4 is 22.9 Å². The van der Waals surface area contributed by atoms with Crippen molar-refractivity contribution in [2.45, 2.75) is 13.3 Å². The number of aromatic amines is 1. The molecule has 0 unspecified atom stereocenters. The summed E-state index contributed by atoms with van der Waals surface area (Å²) in [6.07, 6.45) is 0.595. The molecule has 5 N–H and O–H groups in total. The number of fused-ring (bicyclic) bond motifs is 2. The zero-order valence-corrected chi connectivity index (χ0v) is 11.9. The number of nitrogen functional groups attached to an aromatic ring is 2. The van der Waals surface area contributed by atoms with Crippen LogP contribution in [0.2, 0.25) is 0 Å². The van der Waals surface area contributed by atoms with E-state index in [-0.39, 0.29) is 12.7 Å². The number of anilines is 2. The van der Waals surface area contributed by atoms with E-state index < -0.39 is 0 Å². The van der Waals surface area contributed by atoms with E-state index >= 15 is 0 Å². The number of hydrogen-bond donors (Lipinski definition) is 3. The molecule has 0 aliphatic carbocycles. The number of benzene rings is 1. The Morgan fingerprint density at radius 1 is 1.14 bits per heavy atom. The van der Waals surface area contributed by atoms with E-state index in [1.54, 1.807) is 0 Å². The molecule has 0 radical (unpaired) electrons. The van der Waals surface area contributed by atoms with Crippen LogP contribution in [0.4, 0.5) is 11.8 Å². The third kappa shape index (κ3) is 1.96. The SMILES string of the molecule is Cc1cc2c(cc1Cc1nc3nc(N)nc(N)c3[nH]1)OCO2. The summed E-state index contributed by atoms with van der Waals surface area (Å²) in [7, 11) is 0. The van der Waals surface area contributed by atoms with Crippen molar-refractivity contribution in [1.82, 2.24) is 19.9 Å². The molecule has 0 bridgehead atoms. The van der Waals surface area contributed by atoms with Crippen LogP contribution in [0.1, 0.15) is 17.0 Å². The van der Waals surface area contributed by atoms with Crippen molar-refractivity contribution in [2.75, 3.05) is 18.3 Å². The van der Waals surface area contributed by atoms with E-state index in [0.717, 1.165) is 28.5 Å². The van der Waals surface area contributed by atoms with Gasteiger partial charge in [-0.3, -0.25) is 0 Å². The summed E-state index contributed by atoms with van der Waals surface area (Å²) in [4.78, 5) is 15.6. The van der Waals surface area contributed by atoms with Gasteiger partial charge in [0, 0.05) is 6.42 Å². The van der Waals surface area contributed by atoms with Crippen molar-refractivity contribution in [1.29, 1.82) is 0 Å². The van der Waals surface area contributed by atoms with Gasteiger partial charge in [-0.1, -0.05) is 0 Å². The molecule has 22 heavy (non-hydrogen) atoms. The molecule has 3 heterocycles. The fourth-order valence-electron chi connectivity index (χ4n) is 2.52. The van der Waals surface area contributed by atoms with Crippen LogP contribution < -0.4 is 20.9 Å². The second-order valence-corrected chi connectivity index (χ2v) is 5.16. The first-order valence-electron chi connectivity index (χ1n) is 6.77. The van der Waals surface area contributed by atoms with Gasteiger partial charge in [0.15, 0.2) is 23.0 Å². The number of nitrogens with one attached hydrogen (secondary N) is 1. The predicted molar refractivity (Wildman–Crippen MR) is 80.6 cm³/mol. The summed E-state index contributed by atoms with van der Waals surface area (Å²) in [5.74, 6) is 2.67. The largest absolute Gasteiger partial charge is 0.454 e. The zero-order chi connectivity index (χ0) is 15.3. The van der Waals surface area contributed by atoms with Crippen LogP contribution in [0.5, 0.6) is 11.5 Å². The van der Waals surface area contributed by atoms with E-state index in [1.165, 1.54) is 0 Å². The average Bonchev–Trinajstić information content (AvgIpc) is 3.05. The Labute approximate surface area is 125 Å². The summed E-state index contributed by atoms with van der Waals surface area (Å²) in [6, 6.07) is 3.93. The summed E-state index contributed by atoms with van der Waals surface area (Å²) in [5.41, 5.74) is 14.7. The van der Waals surface area contributed by atoms with E-state index in [4.69, 9.17) is 20.9 Å². The first-order valence-corrected chi connectivity index (χ1v) is 6.77. The highest BCUT2D eigenvalue weighted by atomic mass is 16.7. The van der Waals surface area contributed by atoms with Crippen LogP contribution in [0.15, 0.2) is 12.1 Å². The quantitative estimate of drug-likeness (QED) is 0.647. The lowest BCUT2D eigenvalue weighted by Gasteiger charge is -2.05. The lowest BCUT2D eigenvalue weighted by Crippen LogP contribution is -1.99. The van der Waals surface area contributed by atoms with Crippen LogP contribution in [0.3, 0.4) is 0 Å². The molecule has 1 aliphatic rings. The fourth-order valence-corrected chi connectivity index (χ4v) is 2.52. The van der Waals surface area contributed by atoms with Crippen molar-refractivity contribution in [3.63, 3.8) is 0 Å². The summed E-state index contributed by atoms with van der Waals surface area (Å²) in [6.45, 7) is 2.28. The number of ether oxygens (including phenoxy) is 2. The summed E-state index contributed by atoms with van der Waals surface area (Å²) >= 11 is 0. The molecule has 1 aromatic carbocycles. The first kappa shape index (κ1) is 12.7. The number of nitrogens with zero attached hydrogens (tertiary/aromatic N) is 3. The molecule has 0 amide bonds. The van der Waals surface area contributed by atoms with Gasteiger partial charge in [-0.15, -0.1) is 0 Å². The lowest BCUT2D eigenvalue weighted by atomic mass is 10.0. The number of nitrogens with two attached hydrogens (primary N) is 2. The van der Waals surface area contributed by atoms with Crippen LogP contribution in [-0.2, 0) is 6.42 Å². The van der Waals surface area contributed by atoms with Gasteiger partial charge in [-0.25, -0.2) is 4.98 Å². The number of aromatic nitrogens is 4. The lowest BCUT2D eigenvalue weighted by molar-refractivity contribution is 0.174. The molecule has 0 spiro atoms. The number of rotatable bonds is 2. The van der Waals surface area contributed by atoms with Gasteiger partial charge in [-0.2, -0.15) is 9.97 Å². The highest BCUT2D eigenvalue weighted by Crippen LogP contribution is 2.35. The van der Waals surface area contributed by atoms with E-state index in [9.17, 15) is 0 Å². The van der Waals surface area contributed by atoms with E-state index in [1.807, 2.05) is 19.1 Å². The smallest absolute Gasteiger partial charge is 0.231 e. The molecule has 4 rings (SSSR count). The van der Waals surface area contributed by atoms with Crippen LogP contribution in [0, 0.1) is 6.92 Å². The molecule has 8 nitrogen and oxygen atoms in total. The van der Waals surface area contributed by atoms with Gasteiger partial charge in [0.1, 0.15) is 11.3 Å². The highest BCUT2D eigenvalue weighted by Gasteiger charge is 2.17. The maximum absolute atomic E-state index is 5.83. The molecule has 2 aromatic heterocycles. The molecule has 112 valence electrons. The molecule has 8 heteroatoms. The van der Waals surface area contributed by atoms with Gasteiger partial charge >= 0.3 is 0 Å². The summed E-state index contributed by atoms with van der Waals surface area (Å²) < 4.78 is 10.8. The van der Waals surface area contributed by atoms with E-state index in [2.05, 4.69) is 19.9 Å². The normalized spacial score (nSPS) is 13.0. The molecule has 0 saturated carbocycles. The monoisotopic (exact) mass is 298 g/mol. The standard InChI is InChI=1S/C14H14N6O2/c1-6-2-8-9(22-5-21-8)3-7(6)4-10-17-11-12(15)19-14(16)20-13(11)18-10/h2-3H,4-5H2,1H3,(H5,15,16,17,18,19,20). The van der Waals surface area contributed by atoms with Gasteiger partial charge in [0.2, 0.25) is 12.7 Å². The van der Waals surface area contributed by atoms with Crippen molar-refractivity contribution in [3.8, 4) is 11.5 Å². The molecule has 1 aliphatic heterocycles. The van der Waals surface area contributed by atoms with Crippen LogP contribution in [-0.4, -0.2) is 26.7 Å². The second-order valence-electron chi connectivity index (χ2n) is 5.16. The van der Waals surface area contributed by atoms with Gasteiger partial charge in [0.05, 0.1) is 0 Å². The van der Waals surface area contributed by atoms with Crippen molar-refractivity contribution in [2.24, 2.45) is 0 Å². The first-order chi connectivity index (χ1) is 10.6. The van der Waals surface area contributed by atoms with Gasteiger partial charge in [0.25, 0.3) is 0 Å². The zero-order valence-electron chi connectivity index (χ0n) is 11.9. The number of aryl methyl sites for hydroxylation is 1. The minimum Gasteiger partial charge on any atom is -0.454 e. The Bertz CT molecular complexity index is 889. The maximum Gasteiger partial charge on any atom is 0.231 e. The molecular formula is C14H14N6O2. The minimum absolute atomic E-state index is 0.113. The molecular weight excluding hydrogens is 284 g/mol. The number of hydrogen-bond acceptors (Lipinski definition) is 7. The Morgan fingerprint density at radius 3 is 2.73 bits per heavy atom.